The van der Waals surface area contributed by atoms with Crippen molar-refractivity contribution in [2.75, 3.05) is 112 Å². The second kappa shape index (κ2) is 29.5. The fraction of sp³-hybridized carbons (Fsp3) is 0.469. The van der Waals surface area contributed by atoms with E-state index in [1.807, 2.05) is 31.3 Å². The van der Waals surface area contributed by atoms with E-state index in [4.69, 9.17) is 65.4 Å². The number of hydrogen-bond acceptors (Lipinski definition) is 11. The number of carbonyl (C=O) groups is 2. The normalized spacial score (nSPS) is 15.8. The van der Waals surface area contributed by atoms with E-state index < -0.39 is 20.0 Å². The Hall–Kier alpha value is -3.84. The third-order valence-electron chi connectivity index (χ3n) is 12.0. The maximum atomic E-state index is 13.1. The Labute approximate surface area is 448 Å². The van der Waals surface area contributed by atoms with E-state index in [1.54, 1.807) is 48.5 Å². The summed E-state index contributed by atoms with van der Waals surface area (Å²) < 4.78 is 79.6. The van der Waals surface area contributed by atoms with Crippen molar-refractivity contribution in [3.8, 4) is 0 Å². The zero-order chi connectivity index (χ0) is 52.2. The van der Waals surface area contributed by atoms with Gasteiger partial charge in [0, 0.05) is 78.9 Å². The standard InChI is InChI=1S/C49H64Cl4N8O10S2/c1-61-32-44(41-27-37(51)29-47(53)45(41)33-61)35-7-5-9-39(25-35)73(66,67)60-15-19-71-23-21-69-17-13-58-49(63)56-11-3-2-10-55-48(62)57-12-16-68-20-22-70-18-14-59-72(64,65)38-8-4-6-34(24-38)42-30-54-31-43-40(42)26-36(50)28-46(43)52/h4-9,24-29,42,44,54,59-60H,2-3,10-23,30-33H2,1H3,(H2,55,57,62)(H2,56,58,63)/p+1. The summed E-state index contributed by atoms with van der Waals surface area (Å²) >= 11 is 25.6. The van der Waals surface area contributed by atoms with Crippen LogP contribution in [0.1, 0.15) is 58.1 Å². The van der Waals surface area contributed by atoms with Gasteiger partial charge in [-0.15, -0.1) is 0 Å². The first-order chi connectivity index (χ1) is 35.1. The molecule has 400 valence electrons. The van der Waals surface area contributed by atoms with Crippen molar-refractivity contribution in [3.63, 3.8) is 0 Å². The van der Waals surface area contributed by atoms with Gasteiger partial charge in [0.25, 0.3) is 0 Å². The number of fused-ring (bicyclic) bond motifs is 2. The molecule has 24 heteroatoms. The lowest BCUT2D eigenvalue weighted by Gasteiger charge is -2.33. The Kier molecular flexibility index (Phi) is 23.6. The minimum absolute atomic E-state index is 0.0534. The molecule has 0 aliphatic carbocycles. The number of halogens is 4. The lowest BCUT2D eigenvalue weighted by atomic mass is 9.85. The number of urea groups is 2. The highest BCUT2D eigenvalue weighted by Gasteiger charge is 2.30. The zero-order valence-electron chi connectivity index (χ0n) is 40.7. The van der Waals surface area contributed by atoms with Gasteiger partial charge >= 0.3 is 12.1 Å². The largest absolute Gasteiger partial charge is 0.378 e. The number of nitrogens with one attached hydrogen (secondary N) is 6. The van der Waals surface area contributed by atoms with Crippen LogP contribution >= 0.6 is 46.4 Å². The molecule has 2 heterocycles. The molecular formula is C49H65Cl4N8O10S2+. The van der Waals surface area contributed by atoms with E-state index in [2.05, 4.69) is 40.9 Å². The van der Waals surface area contributed by atoms with Gasteiger partial charge in [0.05, 0.1) is 80.1 Å². The molecule has 0 aromatic heterocycles. The summed E-state index contributed by atoms with van der Waals surface area (Å²) in [5.74, 6) is -0.148. The number of amides is 4. The highest BCUT2D eigenvalue weighted by molar-refractivity contribution is 7.89. The quantitative estimate of drug-likeness (QED) is 0.0366. The van der Waals surface area contributed by atoms with Crippen LogP contribution in [0.5, 0.6) is 0 Å². The predicted octanol–water partition coefficient (Wildman–Crippen LogP) is 4.79. The second-order valence-corrected chi connectivity index (χ2v) is 22.6. The van der Waals surface area contributed by atoms with Gasteiger partial charge < -0.3 is 50.4 Å². The third-order valence-corrected chi connectivity index (χ3v) is 16.0. The number of benzene rings is 4. The number of sulfonamides is 2. The van der Waals surface area contributed by atoms with Crippen LogP contribution in [0.2, 0.25) is 20.1 Å². The summed E-state index contributed by atoms with van der Waals surface area (Å²) in [6.45, 7) is 6.32. The maximum absolute atomic E-state index is 13.1. The first kappa shape index (κ1) is 58.4. The molecule has 2 aliphatic heterocycles. The van der Waals surface area contributed by atoms with Crippen molar-refractivity contribution in [1.82, 2.24) is 35.6 Å². The van der Waals surface area contributed by atoms with Crippen molar-refractivity contribution >= 4 is 78.5 Å². The number of quaternary nitrogens is 1. The molecule has 8 N–H and O–H groups in total. The lowest BCUT2D eigenvalue weighted by Crippen LogP contribution is -2.85. The highest BCUT2D eigenvalue weighted by Crippen LogP contribution is 2.39. The van der Waals surface area contributed by atoms with E-state index in [-0.39, 0.29) is 113 Å². The van der Waals surface area contributed by atoms with Crippen LogP contribution in [-0.4, -0.2) is 146 Å². The first-order valence-electron chi connectivity index (χ1n) is 24.1. The van der Waals surface area contributed by atoms with E-state index in [0.29, 0.717) is 59.1 Å². The molecule has 18 nitrogen and oxygen atoms in total. The third kappa shape index (κ3) is 18.5. The van der Waals surface area contributed by atoms with Gasteiger partial charge in [0.2, 0.25) is 20.0 Å². The summed E-state index contributed by atoms with van der Waals surface area (Å²) in [5, 5.41) is 15.4. The van der Waals surface area contributed by atoms with E-state index >= 15 is 0 Å². The first-order valence-corrected chi connectivity index (χ1v) is 28.6. The van der Waals surface area contributed by atoms with Gasteiger partial charge in [-0.25, -0.2) is 35.9 Å². The van der Waals surface area contributed by atoms with Crippen LogP contribution in [0.3, 0.4) is 0 Å². The van der Waals surface area contributed by atoms with Crippen molar-refractivity contribution in [2.45, 2.75) is 47.6 Å². The van der Waals surface area contributed by atoms with Gasteiger partial charge in [0.1, 0.15) is 6.54 Å². The number of nitrogens with zero attached hydrogens (tertiary/aromatic N) is 1. The van der Waals surface area contributed by atoms with Crippen LogP contribution in [0.4, 0.5) is 9.59 Å². The molecule has 0 saturated carbocycles. The molecule has 4 aromatic carbocycles. The van der Waals surface area contributed by atoms with Gasteiger partial charge in [-0.1, -0.05) is 70.7 Å². The van der Waals surface area contributed by atoms with Crippen LogP contribution in [0, 0.1) is 0 Å². The average Bonchev–Trinajstić information content (AvgIpc) is 3.36. The minimum atomic E-state index is -3.79. The minimum Gasteiger partial charge on any atom is -0.378 e. The molecule has 0 spiro atoms. The van der Waals surface area contributed by atoms with Gasteiger partial charge in [-0.2, -0.15) is 0 Å². The number of hydrogen-bond donors (Lipinski definition) is 7. The Balaban J connectivity index is 0.703. The Morgan fingerprint density at radius 1 is 0.575 bits per heavy atom. The smallest absolute Gasteiger partial charge is 0.314 e. The number of ether oxygens (including phenoxy) is 4. The molecule has 0 bridgehead atoms. The monoisotopic (exact) mass is 1130 g/mol. The van der Waals surface area contributed by atoms with Crippen LogP contribution in [0.25, 0.3) is 0 Å². The maximum Gasteiger partial charge on any atom is 0.314 e. The molecule has 0 radical (unpaired) electrons. The zero-order valence-corrected chi connectivity index (χ0v) is 45.3. The molecular weight excluding hydrogens is 1070 g/mol. The summed E-state index contributed by atoms with van der Waals surface area (Å²) in [5.41, 5.74) is 5.72. The molecule has 6 rings (SSSR count). The highest BCUT2D eigenvalue weighted by atomic mass is 35.5. The summed E-state index contributed by atoms with van der Waals surface area (Å²) in [6.07, 6.45) is 1.31. The summed E-state index contributed by atoms with van der Waals surface area (Å²) in [4.78, 5) is 26.7. The van der Waals surface area contributed by atoms with Crippen LogP contribution < -0.4 is 36.0 Å². The molecule has 73 heavy (non-hydrogen) atoms. The Morgan fingerprint density at radius 3 is 1.52 bits per heavy atom. The van der Waals surface area contributed by atoms with Crippen molar-refractivity contribution in [2.24, 2.45) is 0 Å². The molecule has 2 atom stereocenters. The fourth-order valence-corrected chi connectivity index (χ4v) is 11.8. The molecule has 0 fully saturated rings. The topological polar surface area (TPSA) is 231 Å². The summed E-state index contributed by atoms with van der Waals surface area (Å²) in [6, 6.07) is 20.4. The number of carbonyl (C=O) groups excluding carboxylic acids is 2. The predicted molar refractivity (Wildman–Crippen MR) is 282 cm³/mol. The number of likely N-dealkylation sites (N-methyl/N-ethyl adjacent to an activating group) is 1. The fourth-order valence-electron chi connectivity index (χ4n) is 8.47. The number of unbranched alkanes of at least 4 members (excludes halogenated alkanes) is 1. The van der Waals surface area contributed by atoms with Gasteiger partial charge in [-0.05, 0) is 96.2 Å². The summed E-state index contributed by atoms with van der Waals surface area (Å²) in [7, 11) is -5.57. The van der Waals surface area contributed by atoms with Crippen molar-refractivity contribution < 1.29 is 50.7 Å². The molecule has 0 saturated heterocycles. The van der Waals surface area contributed by atoms with Crippen LogP contribution in [-0.2, 0) is 52.1 Å². The molecule has 2 unspecified atom stereocenters. The number of nitrogens with two attached hydrogens (primary N) is 1. The van der Waals surface area contributed by atoms with Crippen molar-refractivity contribution in [3.05, 3.63) is 126 Å². The van der Waals surface area contributed by atoms with Gasteiger partial charge in [0.15, 0.2) is 0 Å². The Morgan fingerprint density at radius 2 is 1.01 bits per heavy atom. The van der Waals surface area contributed by atoms with Crippen LogP contribution in [0.15, 0.2) is 82.6 Å². The van der Waals surface area contributed by atoms with E-state index in [0.717, 1.165) is 46.5 Å². The lowest BCUT2D eigenvalue weighted by molar-refractivity contribution is -0.675. The van der Waals surface area contributed by atoms with E-state index in [1.165, 1.54) is 0 Å². The average molecular weight is 1130 g/mol. The molecule has 2 aliphatic rings. The molecule has 4 amide bonds. The SMILES string of the molecule is CN1Cc2c(Cl)cc(Cl)cc2C(c2cccc(S(=O)(=O)NCCOCCOCCNC(=O)NCCCCNC(=O)NCCOCCOCCNS(=O)(=O)c3cccc(C4C[NH2+]Cc5c(Cl)cc(Cl)cc54)c3)c2)C1. The van der Waals surface area contributed by atoms with Crippen molar-refractivity contribution in [1.29, 1.82) is 0 Å². The Bertz CT molecular complexity index is 2690. The number of rotatable bonds is 29. The molecule has 4 aromatic rings. The van der Waals surface area contributed by atoms with E-state index in [9.17, 15) is 26.4 Å². The van der Waals surface area contributed by atoms with Gasteiger partial charge in [-0.3, -0.25) is 0 Å². The second-order valence-electron chi connectivity index (χ2n) is 17.4.